The van der Waals surface area contributed by atoms with E-state index < -0.39 is 72.4 Å². The van der Waals surface area contributed by atoms with Gasteiger partial charge >= 0.3 is 129 Å². The first-order chi connectivity index (χ1) is 13.4. The molecule has 21 heteroatoms. The Balaban J connectivity index is -0.0000000792. The fraction of sp³-hybridized carbons (Fsp3) is 0.500. The van der Waals surface area contributed by atoms with Crippen LogP contribution in [0.4, 0.5) is 0 Å². The van der Waals surface area contributed by atoms with E-state index in [-0.39, 0.29) is 129 Å². The molecule has 0 spiro atoms. The number of carbonyl (C=O) groups excluding carboxylic acids is 6. The molecule has 18 nitrogen and oxygen atoms in total. The predicted molar refractivity (Wildman–Crippen MR) is 66.1 cm³/mol. The average Bonchev–Trinajstić information content (AvgIpc) is 2.64. The Labute approximate surface area is 286 Å². The van der Waals surface area contributed by atoms with Crippen LogP contribution in [-0.2, 0) is 55.0 Å². The summed E-state index contributed by atoms with van der Waals surface area (Å²) >= 11 is 0. The zero-order valence-corrected chi connectivity index (χ0v) is 25.3. The minimum absolute atomic E-state index is 0. The molecule has 0 aliphatic rings. The van der Waals surface area contributed by atoms with E-state index >= 15 is 0 Å². The summed E-state index contributed by atoms with van der Waals surface area (Å²) in [4.78, 5) is 57.8. The van der Waals surface area contributed by atoms with Gasteiger partial charge in [0.1, 0.15) is 36.6 Å². The summed E-state index contributed by atoms with van der Waals surface area (Å²) in [5, 5.41) is 107. The number of hydrogen-bond donors (Lipinski definition) is 6. The molecule has 0 aromatic carbocycles. The number of carboxylic acids is 6. The van der Waals surface area contributed by atoms with Crippen LogP contribution in [0.1, 0.15) is 0 Å². The number of aliphatic hydroxyl groups is 6. The van der Waals surface area contributed by atoms with Gasteiger partial charge in [-0.05, 0) is 0 Å². The second kappa shape index (κ2) is 24.4. The summed E-state index contributed by atoms with van der Waals surface area (Å²) in [7, 11) is 0. The molecular weight excluding hydrogens is 602 g/mol. The van der Waals surface area contributed by atoms with Crippen LogP contribution in [0.3, 0.4) is 0 Å². The number of hydrogen-bond acceptors (Lipinski definition) is 18. The van der Waals surface area contributed by atoms with Crippen LogP contribution in [0, 0.1) is 0 Å². The number of aliphatic hydroxyl groups excluding tert-OH is 6. The Morgan fingerprint density at radius 2 is 0.424 bits per heavy atom. The molecule has 33 heavy (non-hydrogen) atoms. The second-order valence-electron chi connectivity index (χ2n) is 4.58. The summed E-state index contributed by atoms with van der Waals surface area (Å²) in [5.41, 5.74) is 0. The van der Waals surface area contributed by atoms with Gasteiger partial charge in [-0.1, -0.05) is 0 Å². The molecule has 0 bridgehead atoms. The number of carboxylic acid groups (broad SMARTS) is 6. The molecule has 0 heterocycles. The van der Waals surface area contributed by atoms with Gasteiger partial charge in [0.15, 0.2) is 0 Å². The molecule has 0 aliphatic heterocycles. The van der Waals surface area contributed by atoms with Crippen molar-refractivity contribution in [2.24, 2.45) is 0 Å². The molecule has 0 amide bonds. The third kappa shape index (κ3) is 22.9. The Kier molecular flexibility index (Phi) is 34.8. The first-order valence-electron chi connectivity index (χ1n) is 6.73. The maximum atomic E-state index is 9.63. The maximum Gasteiger partial charge on any atom is 4.00 e. The topological polar surface area (TPSA) is 362 Å². The van der Waals surface area contributed by atoms with E-state index in [1.807, 2.05) is 0 Å². The smallest absolute Gasteiger partial charge is 0.547 e. The quantitative estimate of drug-likeness (QED) is 0.131. The van der Waals surface area contributed by atoms with Gasteiger partial charge in [0.25, 0.3) is 0 Å². The molecule has 6 atom stereocenters. The van der Waals surface area contributed by atoms with E-state index in [4.69, 9.17) is 30.6 Å². The van der Waals surface area contributed by atoms with Gasteiger partial charge in [-0.3, -0.25) is 0 Å². The van der Waals surface area contributed by atoms with Crippen LogP contribution < -0.4 is 133 Å². The molecule has 0 aromatic heterocycles. The van der Waals surface area contributed by atoms with E-state index in [0.29, 0.717) is 0 Å². The van der Waals surface area contributed by atoms with Gasteiger partial charge in [-0.25, -0.2) is 0 Å². The van der Waals surface area contributed by atoms with Crippen molar-refractivity contribution in [3.8, 4) is 0 Å². The molecule has 0 rings (SSSR count). The van der Waals surface area contributed by atoms with Crippen molar-refractivity contribution < 1.29 is 219 Å². The van der Waals surface area contributed by atoms with Gasteiger partial charge in [0, 0.05) is 0 Å². The van der Waals surface area contributed by atoms with Crippen molar-refractivity contribution in [3.63, 3.8) is 0 Å². The zero-order valence-electron chi connectivity index (χ0n) is 16.5. The summed E-state index contributed by atoms with van der Waals surface area (Å²) in [6.45, 7) is 0. The molecule has 0 saturated carbocycles. The van der Waals surface area contributed by atoms with Crippen LogP contribution in [-0.4, -0.2) is 103 Å². The minimum Gasteiger partial charge on any atom is -0.547 e. The van der Waals surface area contributed by atoms with Crippen LogP contribution in [0.25, 0.3) is 0 Å². The standard InChI is InChI=1S/3C4H6O6.2K.Zr/c3*5-1(3(7)8)2(6)4(9)10;;;/h3*1-2,5-6H,(H,7,8)(H,9,10);;;/q;;;2*+1;+4/p-6. The monoisotopic (exact) mass is 612 g/mol. The number of aliphatic carboxylic acids is 6. The summed E-state index contributed by atoms with van der Waals surface area (Å²) in [6.07, 6.45) is -14.6. The number of carbonyl (C=O) groups is 6. The van der Waals surface area contributed by atoms with Crippen molar-refractivity contribution in [1.29, 1.82) is 0 Å². The first kappa shape index (κ1) is 47.0. The second-order valence-corrected chi connectivity index (χ2v) is 4.58. The fourth-order valence-electron chi connectivity index (χ4n) is 0.773. The van der Waals surface area contributed by atoms with Crippen LogP contribution in [0.2, 0.25) is 0 Å². The molecule has 174 valence electrons. The molecule has 6 N–H and O–H groups in total. The van der Waals surface area contributed by atoms with E-state index in [9.17, 15) is 59.4 Å². The third-order valence-corrected chi connectivity index (χ3v) is 2.35. The maximum absolute atomic E-state index is 9.63. The van der Waals surface area contributed by atoms with Crippen LogP contribution in [0.15, 0.2) is 0 Å². The predicted octanol–water partition coefficient (Wildman–Crippen LogP) is -20.4. The van der Waals surface area contributed by atoms with Crippen LogP contribution >= 0.6 is 0 Å². The Bertz CT molecular complexity index is 504. The Morgan fingerprint density at radius 3 is 0.455 bits per heavy atom. The van der Waals surface area contributed by atoms with Gasteiger partial charge < -0.3 is 90.0 Å². The van der Waals surface area contributed by atoms with E-state index in [0.717, 1.165) is 0 Å². The van der Waals surface area contributed by atoms with Gasteiger partial charge in [0.05, 0.1) is 35.8 Å². The average molecular weight is 614 g/mol. The van der Waals surface area contributed by atoms with E-state index in [1.54, 1.807) is 0 Å². The van der Waals surface area contributed by atoms with Gasteiger partial charge in [0.2, 0.25) is 0 Å². The van der Waals surface area contributed by atoms with E-state index in [1.165, 1.54) is 0 Å². The molecule has 6 unspecified atom stereocenters. The van der Waals surface area contributed by atoms with Crippen molar-refractivity contribution in [3.05, 3.63) is 0 Å². The van der Waals surface area contributed by atoms with Gasteiger partial charge in [-0.2, -0.15) is 0 Å². The van der Waals surface area contributed by atoms with Crippen LogP contribution in [0.5, 0.6) is 0 Å². The molecule has 0 aromatic rings. The first-order valence-corrected chi connectivity index (χ1v) is 6.73. The molecule has 0 saturated heterocycles. The molecular formula is C12H12K2O18Zr. The zero-order chi connectivity index (χ0) is 24.9. The molecule has 0 aliphatic carbocycles. The SMILES string of the molecule is O=C([O-])C(O)C(O)C(=O)[O-].O=C([O-])C(O)C(O)C(=O)[O-].O=C([O-])C(O)C(O)C(=O)[O-].[K+].[K+].[Zr+4]. The molecule has 0 radical (unpaired) electrons. The Morgan fingerprint density at radius 1 is 0.364 bits per heavy atom. The molecule has 0 fully saturated rings. The third-order valence-electron chi connectivity index (χ3n) is 2.35. The summed E-state index contributed by atoms with van der Waals surface area (Å²) < 4.78 is 0. The van der Waals surface area contributed by atoms with Crippen molar-refractivity contribution in [2.75, 3.05) is 0 Å². The van der Waals surface area contributed by atoms with E-state index in [2.05, 4.69) is 0 Å². The van der Waals surface area contributed by atoms with Crippen molar-refractivity contribution in [2.45, 2.75) is 36.6 Å². The number of rotatable bonds is 9. The van der Waals surface area contributed by atoms with Crippen molar-refractivity contribution >= 4 is 35.8 Å². The Hall–Kier alpha value is 0.736. The minimum atomic E-state index is -2.44. The normalized spacial score (nSPS) is 14.4. The summed E-state index contributed by atoms with van der Waals surface area (Å²) in [5.74, 6) is -12.4. The van der Waals surface area contributed by atoms with Crippen molar-refractivity contribution in [1.82, 2.24) is 0 Å². The fourth-order valence-corrected chi connectivity index (χ4v) is 0.773. The summed E-state index contributed by atoms with van der Waals surface area (Å²) in [6, 6.07) is 0. The largest absolute Gasteiger partial charge is 4.00 e. The van der Waals surface area contributed by atoms with Gasteiger partial charge in [-0.15, -0.1) is 0 Å².